The standard InChI is InChI=1S/C36H41NO4/c1-23-18-29(41-17-16-37-15-5-8-33(37)38)19-24(2)35(23)30-7-4-6-27(25(30)3)11-9-26-10-12-31-28(20-26)22-36(13-14-36)32(31)21-34(39)40/h4,6-7,10,12,18-20,32H,5,8-9,11,13-17,21-22H2,1-3H3,(H,39,40). The minimum Gasteiger partial charge on any atom is -0.492 e. The van der Waals surface area contributed by atoms with Crippen LogP contribution in [0.1, 0.15) is 77.0 Å². The molecule has 5 heteroatoms. The summed E-state index contributed by atoms with van der Waals surface area (Å²) in [5, 5.41) is 9.46. The molecule has 1 heterocycles. The predicted molar refractivity (Wildman–Crippen MR) is 162 cm³/mol. The van der Waals surface area contributed by atoms with Gasteiger partial charge in [-0.1, -0.05) is 36.4 Å². The van der Waals surface area contributed by atoms with E-state index in [9.17, 15) is 14.7 Å². The molecule has 1 amide bonds. The highest BCUT2D eigenvalue weighted by Gasteiger charge is 2.54. The number of hydrogen-bond acceptors (Lipinski definition) is 3. The normalized spacial score (nSPS) is 18.7. The molecule has 0 radical (unpaired) electrons. The van der Waals surface area contributed by atoms with E-state index >= 15 is 0 Å². The molecule has 1 N–H and O–H groups in total. The number of hydrogen-bond donors (Lipinski definition) is 1. The van der Waals surface area contributed by atoms with Crippen LogP contribution in [0.2, 0.25) is 0 Å². The Morgan fingerprint density at radius 1 is 1.05 bits per heavy atom. The number of carboxylic acid groups (broad SMARTS) is 1. The highest BCUT2D eigenvalue weighted by Crippen LogP contribution is 2.64. The van der Waals surface area contributed by atoms with Gasteiger partial charge in [-0.15, -0.1) is 0 Å². The molecule has 1 unspecified atom stereocenters. The smallest absolute Gasteiger partial charge is 0.303 e. The van der Waals surface area contributed by atoms with E-state index in [0.717, 1.165) is 50.8 Å². The van der Waals surface area contributed by atoms with Crippen molar-refractivity contribution in [2.75, 3.05) is 19.7 Å². The second kappa shape index (κ2) is 11.0. The van der Waals surface area contributed by atoms with Gasteiger partial charge in [0, 0.05) is 18.9 Å². The van der Waals surface area contributed by atoms with Crippen LogP contribution in [0.15, 0.2) is 48.5 Å². The molecular weight excluding hydrogens is 510 g/mol. The van der Waals surface area contributed by atoms with Crippen molar-refractivity contribution in [3.63, 3.8) is 0 Å². The number of aryl methyl sites for hydroxylation is 4. The summed E-state index contributed by atoms with van der Waals surface area (Å²) in [7, 11) is 0. The molecule has 1 spiro atoms. The lowest BCUT2D eigenvalue weighted by atomic mass is 9.86. The van der Waals surface area contributed by atoms with Crippen LogP contribution in [0, 0.1) is 26.2 Å². The van der Waals surface area contributed by atoms with Crippen molar-refractivity contribution in [2.24, 2.45) is 5.41 Å². The van der Waals surface area contributed by atoms with Gasteiger partial charge in [0.1, 0.15) is 12.4 Å². The van der Waals surface area contributed by atoms with Crippen molar-refractivity contribution in [2.45, 2.75) is 78.1 Å². The van der Waals surface area contributed by atoms with Gasteiger partial charge in [-0.3, -0.25) is 9.59 Å². The molecule has 3 aromatic carbocycles. The minimum atomic E-state index is -0.684. The zero-order valence-corrected chi connectivity index (χ0v) is 24.6. The second-order valence-electron chi connectivity index (χ2n) is 12.6. The zero-order chi connectivity index (χ0) is 28.7. The first-order valence-electron chi connectivity index (χ1n) is 15.2. The van der Waals surface area contributed by atoms with Crippen LogP contribution in [0.25, 0.3) is 11.1 Å². The molecule has 5 nitrogen and oxygen atoms in total. The SMILES string of the molecule is Cc1cc(OCCN2CCCC2=O)cc(C)c1-c1cccc(CCc2ccc3c(c2)CC2(CC2)C3CC(=O)O)c1C. The maximum atomic E-state index is 11.9. The molecule has 1 saturated heterocycles. The van der Waals surface area contributed by atoms with Gasteiger partial charge in [-0.05, 0) is 127 Å². The van der Waals surface area contributed by atoms with Gasteiger partial charge in [0.2, 0.25) is 5.91 Å². The highest BCUT2D eigenvalue weighted by molar-refractivity contribution is 5.78. The Morgan fingerprint density at radius 2 is 1.83 bits per heavy atom. The predicted octanol–water partition coefficient (Wildman–Crippen LogP) is 6.96. The zero-order valence-electron chi connectivity index (χ0n) is 24.6. The summed E-state index contributed by atoms with van der Waals surface area (Å²) in [5.74, 6) is 0.593. The van der Waals surface area contributed by atoms with Gasteiger partial charge < -0.3 is 14.7 Å². The molecule has 1 aliphatic heterocycles. The Hall–Kier alpha value is -3.60. The van der Waals surface area contributed by atoms with E-state index in [2.05, 4.69) is 69.3 Å². The molecule has 1 atom stereocenters. The average Bonchev–Trinajstić information content (AvgIpc) is 3.49. The fraction of sp³-hybridized carbons (Fsp3) is 0.444. The van der Waals surface area contributed by atoms with E-state index in [-0.39, 0.29) is 23.7 Å². The summed E-state index contributed by atoms with van der Waals surface area (Å²) < 4.78 is 6.06. The topological polar surface area (TPSA) is 66.8 Å². The number of amides is 1. The summed E-state index contributed by atoms with van der Waals surface area (Å²) in [6.45, 7) is 8.54. The quantitative estimate of drug-likeness (QED) is 0.296. The van der Waals surface area contributed by atoms with Crippen LogP contribution in [-0.4, -0.2) is 41.6 Å². The first kappa shape index (κ1) is 27.6. The van der Waals surface area contributed by atoms with Crippen molar-refractivity contribution in [1.29, 1.82) is 0 Å². The third kappa shape index (κ3) is 5.51. The van der Waals surface area contributed by atoms with Crippen LogP contribution >= 0.6 is 0 Å². The van der Waals surface area contributed by atoms with Crippen molar-refractivity contribution < 1.29 is 19.4 Å². The summed E-state index contributed by atoms with van der Waals surface area (Å²) in [5.41, 5.74) is 11.8. The third-order valence-corrected chi connectivity index (χ3v) is 9.84. The Labute approximate surface area is 243 Å². The van der Waals surface area contributed by atoms with Gasteiger partial charge >= 0.3 is 5.97 Å². The van der Waals surface area contributed by atoms with Crippen LogP contribution in [0.5, 0.6) is 5.75 Å². The summed E-state index contributed by atoms with van der Waals surface area (Å²) in [6, 6.07) is 17.7. The maximum absolute atomic E-state index is 11.9. The summed E-state index contributed by atoms with van der Waals surface area (Å²) in [4.78, 5) is 25.3. The first-order valence-corrected chi connectivity index (χ1v) is 15.2. The molecule has 214 valence electrons. The number of carbonyl (C=O) groups is 2. The lowest BCUT2D eigenvalue weighted by molar-refractivity contribution is -0.137. The molecular formula is C36H41NO4. The molecule has 41 heavy (non-hydrogen) atoms. The monoisotopic (exact) mass is 551 g/mol. The van der Waals surface area contributed by atoms with Gasteiger partial charge in [-0.25, -0.2) is 0 Å². The fourth-order valence-electron chi connectivity index (χ4n) is 7.48. The van der Waals surface area contributed by atoms with E-state index in [4.69, 9.17) is 4.74 Å². The molecule has 0 aromatic heterocycles. The fourth-order valence-corrected chi connectivity index (χ4v) is 7.48. The lowest BCUT2D eigenvalue weighted by Gasteiger charge is -2.19. The highest BCUT2D eigenvalue weighted by atomic mass is 16.5. The molecule has 3 aliphatic rings. The number of carboxylic acids is 1. The lowest BCUT2D eigenvalue weighted by Crippen LogP contribution is -2.29. The molecule has 2 aliphatic carbocycles. The van der Waals surface area contributed by atoms with Gasteiger partial charge in [-0.2, -0.15) is 0 Å². The van der Waals surface area contributed by atoms with Gasteiger partial charge in [0.25, 0.3) is 0 Å². The van der Waals surface area contributed by atoms with Crippen LogP contribution in [0.4, 0.5) is 0 Å². The number of fused-ring (bicyclic) bond motifs is 1. The van der Waals surface area contributed by atoms with Crippen molar-refractivity contribution >= 4 is 11.9 Å². The molecule has 3 aromatic rings. The largest absolute Gasteiger partial charge is 0.492 e. The van der Waals surface area contributed by atoms with E-state index in [0.29, 0.717) is 19.6 Å². The van der Waals surface area contributed by atoms with E-state index in [1.807, 2.05) is 4.90 Å². The number of rotatable bonds is 10. The Morgan fingerprint density at radius 3 is 2.51 bits per heavy atom. The summed E-state index contributed by atoms with van der Waals surface area (Å²) >= 11 is 0. The maximum Gasteiger partial charge on any atom is 0.303 e. The van der Waals surface area contributed by atoms with Gasteiger partial charge in [0.15, 0.2) is 0 Å². The van der Waals surface area contributed by atoms with E-state index in [1.165, 1.54) is 50.1 Å². The third-order valence-electron chi connectivity index (χ3n) is 9.84. The first-order chi connectivity index (χ1) is 19.7. The van der Waals surface area contributed by atoms with E-state index < -0.39 is 5.97 Å². The number of benzene rings is 3. The number of likely N-dealkylation sites (tertiary alicyclic amines) is 1. The second-order valence-corrected chi connectivity index (χ2v) is 12.6. The van der Waals surface area contributed by atoms with Crippen LogP contribution < -0.4 is 4.74 Å². The number of nitrogens with zero attached hydrogens (tertiary/aromatic N) is 1. The number of aliphatic carboxylic acids is 1. The minimum absolute atomic E-state index is 0.181. The number of ether oxygens (including phenoxy) is 1. The molecule has 2 fully saturated rings. The number of carbonyl (C=O) groups excluding carboxylic acids is 1. The molecule has 0 bridgehead atoms. The van der Waals surface area contributed by atoms with Crippen LogP contribution in [-0.2, 0) is 28.9 Å². The molecule has 6 rings (SSSR count). The Balaban J connectivity index is 1.14. The van der Waals surface area contributed by atoms with Crippen molar-refractivity contribution in [1.82, 2.24) is 4.90 Å². The van der Waals surface area contributed by atoms with Gasteiger partial charge in [0.05, 0.1) is 13.0 Å². The van der Waals surface area contributed by atoms with Crippen molar-refractivity contribution in [3.8, 4) is 16.9 Å². The average molecular weight is 552 g/mol. The molecule has 1 saturated carbocycles. The van der Waals surface area contributed by atoms with E-state index in [1.54, 1.807) is 0 Å². The van der Waals surface area contributed by atoms with Crippen molar-refractivity contribution in [3.05, 3.63) is 87.5 Å². The Bertz CT molecular complexity index is 1480. The summed E-state index contributed by atoms with van der Waals surface area (Å²) in [6.07, 6.45) is 7.16. The Kier molecular flexibility index (Phi) is 7.39. The van der Waals surface area contributed by atoms with Crippen LogP contribution in [0.3, 0.4) is 0 Å².